The summed E-state index contributed by atoms with van der Waals surface area (Å²) in [7, 11) is 0. The quantitative estimate of drug-likeness (QED) is 0.811. The molecule has 3 rings (SSSR count). The third-order valence-corrected chi connectivity index (χ3v) is 6.27. The molecule has 3 heterocycles. The van der Waals surface area contributed by atoms with E-state index in [1.54, 1.807) is 0 Å². The van der Waals surface area contributed by atoms with Crippen molar-refractivity contribution in [3.63, 3.8) is 0 Å². The lowest BCUT2D eigenvalue weighted by atomic mass is 10.0. The number of carbonyl (C=O) groups is 1. The molecule has 1 saturated heterocycles. The number of H-pyrrole nitrogens is 1. The van der Waals surface area contributed by atoms with Crippen LogP contribution in [0.5, 0.6) is 0 Å². The molecule has 1 amide bonds. The number of rotatable bonds is 6. The second kappa shape index (κ2) is 8.31. The highest BCUT2D eigenvalue weighted by molar-refractivity contribution is 7.18. The zero-order chi connectivity index (χ0) is 18.7. The number of carbonyl (C=O) groups excluding carboxylic acids is 1. The van der Waals surface area contributed by atoms with Gasteiger partial charge in [-0.1, -0.05) is 6.92 Å². The van der Waals surface area contributed by atoms with Gasteiger partial charge in [0, 0.05) is 37.4 Å². The standard InChI is InChI=1S/C19H28N4O2S/c1-12-5-4-9-23(11-12)10-8-20-16(24)7-6-15-21-18(25)17-13(2)14(3)26-19(17)22-15/h12H,4-11H2,1-3H3,(H,20,24)(H,21,22,25)/t12-/m1/s1. The lowest BCUT2D eigenvalue weighted by molar-refractivity contribution is -0.121. The Balaban J connectivity index is 1.48. The van der Waals surface area contributed by atoms with Crippen LogP contribution in [0.25, 0.3) is 10.2 Å². The summed E-state index contributed by atoms with van der Waals surface area (Å²) >= 11 is 1.53. The first kappa shape index (κ1) is 19.0. The van der Waals surface area contributed by atoms with Crippen LogP contribution < -0.4 is 10.9 Å². The average Bonchev–Trinajstić information content (AvgIpc) is 2.88. The zero-order valence-electron chi connectivity index (χ0n) is 15.9. The van der Waals surface area contributed by atoms with Crippen LogP contribution in [0.15, 0.2) is 4.79 Å². The van der Waals surface area contributed by atoms with Crippen molar-refractivity contribution in [1.29, 1.82) is 0 Å². The van der Waals surface area contributed by atoms with E-state index in [2.05, 4.69) is 27.1 Å². The van der Waals surface area contributed by atoms with E-state index in [4.69, 9.17) is 0 Å². The van der Waals surface area contributed by atoms with E-state index in [1.807, 2.05) is 13.8 Å². The molecule has 2 N–H and O–H groups in total. The van der Waals surface area contributed by atoms with Crippen molar-refractivity contribution >= 4 is 27.5 Å². The Morgan fingerprint density at radius 1 is 1.42 bits per heavy atom. The third-order valence-electron chi connectivity index (χ3n) is 5.17. The van der Waals surface area contributed by atoms with E-state index in [-0.39, 0.29) is 11.5 Å². The topological polar surface area (TPSA) is 78.1 Å². The van der Waals surface area contributed by atoms with Crippen LogP contribution in [0, 0.1) is 19.8 Å². The zero-order valence-corrected chi connectivity index (χ0v) is 16.7. The molecule has 26 heavy (non-hydrogen) atoms. The molecule has 0 aromatic carbocycles. The number of aryl methyl sites for hydroxylation is 3. The first-order valence-corrected chi connectivity index (χ1v) is 10.2. The minimum Gasteiger partial charge on any atom is -0.355 e. The van der Waals surface area contributed by atoms with Gasteiger partial charge in [0.2, 0.25) is 5.91 Å². The Bertz CT molecular complexity index is 842. The molecule has 1 atom stereocenters. The second-order valence-corrected chi connectivity index (χ2v) is 8.58. The number of piperidine rings is 1. The predicted molar refractivity (Wildman–Crippen MR) is 106 cm³/mol. The van der Waals surface area contributed by atoms with E-state index < -0.39 is 0 Å². The number of hydrogen-bond acceptors (Lipinski definition) is 5. The number of likely N-dealkylation sites (tertiary alicyclic amines) is 1. The van der Waals surface area contributed by atoms with Crippen molar-refractivity contribution < 1.29 is 4.79 Å². The van der Waals surface area contributed by atoms with Gasteiger partial charge in [0.25, 0.3) is 5.56 Å². The fourth-order valence-corrected chi connectivity index (χ4v) is 4.63. The minimum atomic E-state index is -0.105. The van der Waals surface area contributed by atoms with E-state index in [1.165, 1.54) is 24.2 Å². The Morgan fingerprint density at radius 3 is 3.00 bits per heavy atom. The summed E-state index contributed by atoms with van der Waals surface area (Å²) in [6.45, 7) is 10.1. The van der Waals surface area contributed by atoms with Crippen molar-refractivity contribution in [2.45, 2.75) is 46.5 Å². The number of thiophene rings is 1. The Labute approximate surface area is 158 Å². The molecule has 7 heteroatoms. The Kier molecular flexibility index (Phi) is 6.09. The molecule has 1 fully saturated rings. The van der Waals surface area contributed by atoms with Crippen molar-refractivity contribution in [3.05, 3.63) is 26.6 Å². The van der Waals surface area contributed by atoms with Crippen molar-refractivity contribution in [2.75, 3.05) is 26.2 Å². The SMILES string of the molecule is Cc1sc2nc(CCC(=O)NCCN3CCC[C@@H](C)C3)[nH]c(=O)c2c1C. The summed E-state index contributed by atoms with van der Waals surface area (Å²) in [4.78, 5) is 36.0. The highest BCUT2D eigenvalue weighted by Gasteiger charge is 2.16. The predicted octanol–water partition coefficient (Wildman–Crippen LogP) is 2.38. The van der Waals surface area contributed by atoms with Crippen LogP contribution in [0.3, 0.4) is 0 Å². The summed E-state index contributed by atoms with van der Waals surface area (Å²) < 4.78 is 0. The molecular formula is C19H28N4O2S. The first-order chi connectivity index (χ1) is 12.4. The van der Waals surface area contributed by atoms with Crippen molar-refractivity contribution in [3.8, 4) is 0 Å². The minimum absolute atomic E-state index is 0.0105. The third kappa shape index (κ3) is 4.51. The van der Waals surface area contributed by atoms with Gasteiger partial charge in [0.05, 0.1) is 5.39 Å². The van der Waals surface area contributed by atoms with E-state index in [0.717, 1.165) is 40.8 Å². The summed E-state index contributed by atoms with van der Waals surface area (Å²) in [6, 6.07) is 0. The molecule has 0 bridgehead atoms. The van der Waals surface area contributed by atoms with Crippen LogP contribution in [-0.2, 0) is 11.2 Å². The van der Waals surface area contributed by atoms with Crippen LogP contribution >= 0.6 is 11.3 Å². The lowest BCUT2D eigenvalue weighted by Gasteiger charge is -2.30. The van der Waals surface area contributed by atoms with Crippen LogP contribution in [0.4, 0.5) is 0 Å². The Morgan fingerprint density at radius 2 is 2.23 bits per heavy atom. The molecule has 1 aliphatic rings. The summed E-state index contributed by atoms with van der Waals surface area (Å²) in [5.41, 5.74) is 0.890. The molecule has 0 radical (unpaired) electrons. The van der Waals surface area contributed by atoms with Crippen molar-refractivity contribution in [2.24, 2.45) is 5.92 Å². The maximum absolute atomic E-state index is 12.3. The smallest absolute Gasteiger partial charge is 0.259 e. The number of fused-ring (bicyclic) bond motifs is 1. The van der Waals surface area contributed by atoms with Gasteiger partial charge in [-0.2, -0.15) is 0 Å². The normalized spacial score (nSPS) is 18.3. The molecule has 6 nitrogen and oxygen atoms in total. The fraction of sp³-hybridized carbons (Fsp3) is 0.632. The summed E-state index contributed by atoms with van der Waals surface area (Å²) in [6.07, 6.45) is 3.35. The Hall–Kier alpha value is -1.73. The maximum Gasteiger partial charge on any atom is 0.259 e. The highest BCUT2D eigenvalue weighted by atomic mass is 32.1. The van der Waals surface area contributed by atoms with Gasteiger partial charge in [0.1, 0.15) is 10.7 Å². The molecule has 2 aromatic heterocycles. The largest absolute Gasteiger partial charge is 0.355 e. The van der Waals surface area contributed by atoms with Gasteiger partial charge >= 0.3 is 0 Å². The average molecular weight is 377 g/mol. The monoisotopic (exact) mass is 376 g/mol. The summed E-state index contributed by atoms with van der Waals surface area (Å²) in [5.74, 6) is 1.35. The molecule has 0 unspecified atom stereocenters. The number of nitrogens with zero attached hydrogens (tertiary/aromatic N) is 2. The van der Waals surface area contributed by atoms with Gasteiger partial charge in [-0.15, -0.1) is 11.3 Å². The van der Waals surface area contributed by atoms with Crippen LogP contribution in [0.1, 0.15) is 42.5 Å². The number of amides is 1. The van der Waals surface area contributed by atoms with Gasteiger partial charge in [-0.3, -0.25) is 9.59 Å². The van der Waals surface area contributed by atoms with Gasteiger partial charge < -0.3 is 15.2 Å². The van der Waals surface area contributed by atoms with Gasteiger partial charge in [-0.05, 0) is 44.7 Å². The van der Waals surface area contributed by atoms with Crippen LogP contribution in [0.2, 0.25) is 0 Å². The molecule has 1 aliphatic heterocycles. The number of aromatic nitrogens is 2. The molecule has 2 aromatic rings. The molecule has 0 aliphatic carbocycles. The van der Waals surface area contributed by atoms with Crippen molar-refractivity contribution in [1.82, 2.24) is 20.2 Å². The molecule has 0 spiro atoms. The second-order valence-electron chi connectivity index (χ2n) is 7.37. The molecular weight excluding hydrogens is 348 g/mol. The van der Waals surface area contributed by atoms with Crippen LogP contribution in [-0.4, -0.2) is 47.0 Å². The number of hydrogen-bond donors (Lipinski definition) is 2. The van der Waals surface area contributed by atoms with Gasteiger partial charge in [-0.25, -0.2) is 4.98 Å². The molecule has 142 valence electrons. The summed E-state index contributed by atoms with van der Waals surface area (Å²) in [5, 5.41) is 3.66. The van der Waals surface area contributed by atoms with E-state index >= 15 is 0 Å². The lowest BCUT2D eigenvalue weighted by Crippen LogP contribution is -2.40. The first-order valence-electron chi connectivity index (χ1n) is 9.42. The van der Waals surface area contributed by atoms with E-state index in [9.17, 15) is 9.59 Å². The fourth-order valence-electron chi connectivity index (χ4n) is 3.58. The highest BCUT2D eigenvalue weighted by Crippen LogP contribution is 2.25. The number of aromatic amines is 1. The van der Waals surface area contributed by atoms with Gasteiger partial charge in [0.15, 0.2) is 0 Å². The number of nitrogens with one attached hydrogen (secondary N) is 2. The maximum atomic E-state index is 12.3. The molecule has 0 saturated carbocycles. The van der Waals surface area contributed by atoms with E-state index in [0.29, 0.717) is 30.6 Å².